The predicted octanol–water partition coefficient (Wildman–Crippen LogP) is 4.65. The molecule has 0 amide bonds. The summed E-state index contributed by atoms with van der Waals surface area (Å²) < 4.78 is 11.2. The molecule has 25 heavy (non-hydrogen) atoms. The van der Waals surface area contributed by atoms with Crippen molar-refractivity contribution in [1.82, 2.24) is 5.32 Å². The van der Waals surface area contributed by atoms with Crippen molar-refractivity contribution in [2.75, 3.05) is 13.7 Å². The molecule has 2 unspecified atom stereocenters. The van der Waals surface area contributed by atoms with Gasteiger partial charge in [0.25, 0.3) is 0 Å². The van der Waals surface area contributed by atoms with Crippen molar-refractivity contribution >= 4 is 29.2 Å². The molecule has 0 radical (unpaired) electrons. The van der Waals surface area contributed by atoms with Crippen molar-refractivity contribution in [2.45, 2.75) is 25.5 Å². The molecule has 0 aliphatic heterocycles. The Kier molecular flexibility index (Phi) is 7.56. The Hall–Kier alpha value is -1.75. The third-order valence-electron chi connectivity index (χ3n) is 3.75. The van der Waals surface area contributed by atoms with Crippen molar-refractivity contribution in [2.24, 2.45) is 0 Å². The van der Waals surface area contributed by atoms with Gasteiger partial charge in [-0.25, -0.2) is 0 Å². The minimum Gasteiger partial charge on any atom is -0.491 e. The fourth-order valence-corrected chi connectivity index (χ4v) is 2.75. The fraction of sp³-hybridized carbons (Fsp3) is 0.316. The maximum absolute atomic E-state index is 12.2. The maximum atomic E-state index is 12.2. The van der Waals surface area contributed by atoms with Gasteiger partial charge in [-0.3, -0.25) is 4.79 Å². The van der Waals surface area contributed by atoms with Crippen LogP contribution in [0.15, 0.2) is 48.5 Å². The van der Waals surface area contributed by atoms with Crippen molar-refractivity contribution in [3.8, 4) is 5.75 Å². The molecule has 0 aromatic heterocycles. The second kappa shape index (κ2) is 9.66. The highest BCUT2D eigenvalue weighted by Crippen LogP contribution is 2.27. The summed E-state index contributed by atoms with van der Waals surface area (Å²) in [6, 6.07) is 14.6. The molecule has 0 fully saturated rings. The van der Waals surface area contributed by atoms with Gasteiger partial charge in [-0.05, 0) is 37.7 Å². The van der Waals surface area contributed by atoms with Crippen molar-refractivity contribution in [3.63, 3.8) is 0 Å². The topological polar surface area (TPSA) is 47.6 Å². The summed E-state index contributed by atoms with van der Waals surface area (Å²) in [6.45, 7) is 2.14. The van der Waals surface area contributed by atoms with Crippen LogP contribution < -0.4 is 10.1 Å². The van der Waals surface area contributed by atoms with E-state index in [-0.39, 0.29) is 31.1 Å². The largest absolute Gasteiger partial charge is 0.491 e. The van der Waals surface area contributed by atoms with Gasteiger partial charge in [-0.15, -0.1) is 0 Å². The van der Waals surface area contributed by atoms with Crippen LogP contribution in [0.5, 0.6) is 5.75 Å². The Morgan fingerprint density at radius 1 is 1.16 bits per heavy atom. The fourth-order valence-electron chi connectivity index (χ4n) is 2.29. The summed E-state index contributed by atoms with van der Waals surface area (Å²) in [7, 11) is 1.83. The summed E-state index contributed by atoms with van der Waals surface area (Å²) in [5.74, 6) is 0.156. The van der Waals surface area contributed by atoms with Gasteiger partial charge in [0, 0.05) is 11.1 Å². The van der Waals surface area contributed by atoms with Crippen LogP contribution in [-0.4, -0.2) is 25.7 Å². The molecule has 1 N–H and O–H groups in total. The molecule has 0 heterocycles. The number of hydrogen-bond acceptors (Lipinski definition) is 4. The van der Waals surface area contributed by atoms with E-state index in [2.05, 4.69) is 5.32 Å². The molecule has 2 aromatic rings. The number of halogens is 2. The first kappa shape index (κ1) is 19.6. The molecule has 0 aliphatic rings. The zero-order valence-corrected chi connectivity index (χ0v) is 15.7. The lowest BCUT2D eigenvalue weighted by atomic mass is 10.0. The Morgan fingerprint density at radius 3 is 2.52 bits per heavy atom. The summed E-state index contributed by atoms with van der Waals surface area (Å²) >= 11 is 11.9. The molecule has 2 aromatic carbocycles. The number of carbonyl (C=O) groups excluding carboxylic acids is 1. The zero-order chi connectivity index (χ0) is 18.2. The Labute approximate surface area is 158 Å². The number of hydrogen-bond donors (Lipinski definition) is 1. The summed E-state index contributed by atoms with van der Waals surface area (Å²) in [5, 5.41) is 4.07. The van der Waals surface area contributed by atoms with Crippen molar-refractivity contribution in [3.05, 3.63) is 64.1 Å². The van der Waals surface area contributed by atoms with Crippen LogP contribution in [-0.2, 0) is 9.53 Å². The van der Waals surface area contributed by atoms with Gasteiger partial charge in [0.05, 0.1) is 18.1 Å². The third-order valence-corrected chi connectivity index (χ3v) is 4.28. The standard InChI is InChI=1S/C19H21Cl2NO3/c1-13(22-2)19(14-6-4-3-5-7-14)25-18(23)10-11-24-17-9-8-15(20)12-16(17)21/h3-9,12-13,19,22H,10-11H2,1-2H3. The Morgan fingerprint density at radius 2 is 1.88 bits per heavy atom. The highest BCUT2D eigenvalue weighted by Gasteiger charge is 2.22. The SMILES string of the molecule is CNC(C)C(OC(=O)CCOc1ccc(Cl)cc1Cl)c1ccccc1. The number of ether oxygens (including phenoxy) is 2. The van der Waals surface area contributed by atoms with Crippen LogP contribution >= 0.6 is 23.2 Å². The van der Waals surface area contributed by atoms with Crippen LogP contribution in [0.3, 0.4) is 0 Å². The molecule has 0 saturated carbocycles. The van der Waals surface area contributed by atoms with E-state index in [1.54, 1.807) is 18.2 Å². The Balaban J connectivity index is 1.90. The molecular formula is C19H21Cl2NO3. The number of carbonyl (C=O) groups is 1. The summed E-state index contributed by atoms with van der Waals surface area (Å²) in [4.78, 5) is 12.2. The van der Waals surface area contributed by atoms with E-state index >= 15 is 0 Å². The molecular weight excluding hydrogens is 361 g/mol. The normalized spacial score (nSPS) is 13.1. The lowest BCUT2D eigenvalue weighted by Gasteiger charge is -2.24. The molecule has 0 bridgehead atoms. The molecule has 0 spiro atoms. The third kappa shape index (κ3) is 5.92. The second-order valence-electron chi connectivity index (χ2n) is 5.57. The van der Waals surface area contributed by atoms with Gasteiger partial charge >= 0.3 is 5.97 Å². The zero-order valence-electron chi connectivity index (χ0n) is 14.2. The highest BCUT2D eigenvalue weighted by atomic mass is 35.5. The minimum absolute atomic E-state index is 0.0158. The molecule has 4 nitrogen and oxygen atoms in total. The van der Waals surface area contributed by atoms with Crippen LogP contribution in [0.4, 0.5) is 0 Å². The first-order valence-corrected chi connectivity index (χ1v) is 8.76. The van der Waals surface area contributed by atoms with E-state index < -0.39 is 0 Å². The van der Waals surface area contributed by atoms with E-state index in [4.69, 9.17) is 32.7 Å². The lowest BCUT2D eigenvalue weighted by molar-refractivity contribution is -0.151. The van der Waals surface area contributed by atoms with E-state index in [9.17, 15) is 4.79 Å². The minimum atomic E-state index is -0.363. The molecule has 2 rings (SSSR count). The number of nitrogens with one attached hydrogen (secondary N) is 1. The number of rotatable bonds is 8. The average molecular weight is 382 g/mol. The molecule has 0 aliphatic carbocycles. The van der Waals surface area contributed by atoms with Gasteiger partial charge < -0.3 is 14.8 Å². The quantitative estimate of drug-likeness (QED) is 0.675. The number of likely N-dealkylation sites (N-methyl/N-ethyl adjacent to an activating group) is 1. The summed E-state index contributed by atoms with van der Waals surface area (Å²) in [5.41, 5.74) is 0.944. The first-order valence-electron chi connectivity index (χ1n) is 8.01. The number of benzene rings is 2. The van der Waals surface area contributed by atoms with E-state index in [1.807, 2.05) is 44.3 Å². The first-order chi connectivity index (χ1) is 12.0. The van der Waals surface area contributed by atoms with Gasteiger partial charge in [-0.1, -0.05) is 53.5 Å². The summed E-state index contributed by atoms with van der Waals surface area (Å²) in [6.07, 6.45) is -0.239. The Bertz CT molecular complexity index is 694. The van der Waals surface area contributed by atoms with E-state index in [0.29, 0.717) is 15.8 Å². The van der Waals surface area contributed by atoms with Gasteiger partial charge in [0.2, 0.25) is 0 Å². The maximum Gasteiger partial charge on any atom is 0.309 e. The van der Waals surface area contributed by atoms with Gasteiger partial charge in [-0.2, -0.15) is 0 Å². The predicted molar refractivity (Wildman–Crippen MR) is 100 cm³/mol. The van der Waals surface area contributed by atoms with Crippen LogP contribution in [0.25, 0.3) is 0 Å². The van der Waals surface area contributed by atoms with Crippen molar-refractivity contribution < 1.29 is 14.3 Å². The van der Waals surface area contributed by atoms with Crippen LogP contribution in [0.1, 0.15) is 25.0 Å². The lowest BCUT2D eigenvalue weighted by Crippen LogP contribution is -2.32. The van der Waals surface area contributed by atoms with E-state index in [0.717, 1.165) is 5.56 Å². The van der Waals surface area contributed by atoms with E-state index in [1.165, 1.54) is 0 Å². The monoisotopic (exact) mass is 381 g/mol. The van der Waals surface area contributed by atoms with Gasteiger partial charge in [0.1, 0.15) is 11.9 Å². The average Bonchev–Trinajstić information content (AvgIpc) is 2.61. The smallest absolute Gasteiger partial charge is 0.309 e. The van der Waals surface area contributed by atoms with Crippen LogP contribution in [0, 0.1) is 0 Å². The number of esters is 1. The second-order valence-corrected chi connectivity index (χ2v) is 6.42. The molecule has 0 saturated heterocycles. The molecule has 2 atom stereocenters. The van der Waals surface area contributed by atoms with Gasteiger partial charge in [0.15, 0.2) is 0 Å². The molecule has 6 heteroatoms. The molecule has 134 valence electrons. The highest BCUT2D eigenvalue weighted by molar-refractivity contribution is 6.35. The van der Waals surface area contributed by atoms with Crippen molar-refractivity contribution in [1.29, 1.82) is 0 Å². The van der Waals surface area contributed by atoms with Crippen LogP contribution in [0.2, 0.25) is 10.0 Å².